The highest BCUT2D eigenvalue weighted by Gasteiger charge is 2.21. The molecule has 0 heterocycles. The van der Waals surface area contributed by atoms with Gasteiger partial charge in [-0.25, -0.2) is 0 Å². The highest BCUT2D eigenvalue weighted by Crippen LogP contribution is 2.19. The first-order chi connectivity index (χ1) is 9.21. The topological polar surface area (TPSA) is 27.7 Å². The summed E-state index contributed by atoms with van der Waals surface area (Å²) in [6.07, 6.45) is 4.08. The van der Waals surface area contributed by atoms with Gasteiger partial charge in [0.15, 0.2) is 0 Å². The molecule has 1 aromatic rings. The predicted molar refractivity (Wildman–Crippen MR) is 79.7 cm³/mol. The van der Waals surface area contributed by atoms with Crippen molar-refractivity contribution in [1.29, 1.82) is 0 Å². The molecular weight excluding hydrogens is 256 g/mol. The first kappa shape index (κ1) is 16.1. The molecule has 1 aromatic carbocycles. The monoisotopic (exact) mass is 279 g/mol. The molecule has 0 aliphatic heterocycles. The molecule has 105 valence electrons. The SMILES string of the molecule is C/C=C/c1ccc(C(C)O[Si](OCC)OCC)cc1. The van der Waals surface area contributed by atoms with E-state index in [0.29, 0.717) is 13.2 Å². The Morgan fingerprint density at radius 3 is 2.16 bits per heavy atom. The zero-order valence-corrected chi connectivity index (χ0v) is 13.2. The van der Waals surface area contributed by atoms with E-state index in [1.807, 2.05) is 33.8 Å². The molecule has 19 heavy (non-hydrogen) atoms. The summed E-state index contributed by atoms with van der Waals surface area (Å²) in [5.41, 5.74) is 2.33. The molecule has 0 spiro atoms. The molecule has 0 bridgehead atoms. The minimum absolute atomic E-state index is 0.0216. The Labute approximate surface area is 118 Å². The third-order valence-corrected chi connectivity index (χ3v) is 4.16. The van der Waals surface area contributed by atoms with E-state index in [0.717, 1.165) is 5.56 Å². The second kappa shape index (κ2) is 9.04. The van der Waals surface area contributed by atoms with Gasteiger partial charge in [0.05, 0.1) is 6.10 Å². The molecule has 1 radical (unpaired) electrons. The fourth-order valence-electron chi connectivity index (χ4n) is 1.63. The van der Waals surface area contributed by atoms with Crippen LogP contribution in [0.1, 0.15) is 44.9 Å². The Bertz CT molecular complexity index is 369. The van der Waals surface area contributed by atoms with Gasteiger partial charge in [-0.15, -0.1) is 0 Å². The Morgan fingerprint density at radius 2 is 1.68 bits per heavy atom. The molecule has 1 rings (SSSR count). The summed E-state index contributed by atoms with van der Waals surface area (Å²) in [6.45, 7) is 9.15. The van der Waals surface area contributed by atoms with Gasteiger partial charge in [0.2, 0.25) is 0 Å². The van der Waals surface area contributed by atoms with Crippen LogP contribution >= 0.6 is 0 Å². The van der Waals surface area contributed by atoms with Crippen LogP contribution in [-0.4, -0.2) is 22.7 Å². The lowest BCUT2D eigenvalue weighted by Gasteiger charge is -2.18. The minimum atomic E-state index is -1.63. The van der Waals surface area contributed by atoms with Crippen LogP contribution in [0.4, 0.5) is 0 Å². The van der Waals surface area contributed by atoms with Crippen molar-refractivity contribution in [3.8, 4) is 0 Å². The Kier molecular flexibility index (Phi) is 7.67. The average molecular weight is 279 g/mol. The second-order valence-corrected chi connectivity index (χ2v) is 5.36. The maximum Gasteiger partial charge on any atom is 0.578 e. The lowest BCUT2D eigenvalue weighted by Crippen LogP contribution is -2.28. The van der Waals surface area contributed by atoms with Gasteiger partial charge in [0.1, 0.15) is 0 Å². The quantitative estimate of drug-likeness (QED) is 0.676. The van der Waals surface area contributed by atoms with Gasteiger partial charge in [-0.3, -0.25) is 0 Å². The summed E-state index contributed by atoms with van der Waals surface area (Å²) in [5, 5.41) is 0. The van der Waals surface area contributed by atoms with Crippen LogP contribution in [0.2, 0.25) is 0 Å². The van der Waals surface area contributed by atoms with Crippen LogP contribution in [0.5, 0.6) is 0 Å². The van der Waals surface area contributed by atoms with Gasteiger partial charge in [-0.05, 0) is 38.8 Å². The van der Waals surface area contributed by atoms with Crippen LogP contribution < -0.4 is 0 Å². The largest absolute Gasteiger partial charge is 0.578 e. The molecule has 1 atom stereocenters. The fourth-order valence-corrected chi connectivity index (χ4v) is 2.74. The summed E-state index contributed by atoms with van der Waals surface area (Å²) in [4.78, 5) is 0. The van der Waals surface area contributed by atoms with Crippen molar-refractivity contribution in [2.45, 2.75) is 33.8 Å². The molecular formula is C15H23O3Si. The van der Waals surface area contributed by atoms with Crippen LogP contribution in [0.3, 0.4) is 0 Å². The van der Waals surface area contributed by atoms with E-state index >= 15 is 0 Å². The third-order valence-electron chi connectivity index (χ3n) is 2.56. The molecule has 0 saturated heterocycles. The Morgan fingerprint density at radius 1 is 1.11 bits per heavy atom. The van der Waals surface area contributed by atoms with E-state index in [1.165, 1.54) is 5.56 Å². The van der Waals surface area contributed by atoms with Gasteiger partial charge >= 0.3 is 9.53 Å². The molecule has 0 saturated carbocycles. The minimum Gasteiger partial charge on any atom is -0.371 e. The number of benzene rings is 1. The third kappa shape index (κ3) is 5.70. The van der Waals surface area contributed by atoms with E-state index in [1.54, 1.807) is 0 Å². The molecule has 0 amide bonds. The molecule has 0 N–H and O–H groups in total. The molecule has 0 aliphatic carbocycles. The van der Waals surface area contributed by atoms with Crippen LogP contribution in [-0.2, 0) is 13.3 Å². The van der Waals surface area contributed by atoms with E-state index < -0.39 is 9.53 Å². The highest BCUT2D eigenvalue weighted by molar-refractivity contribution is 6.36. The van der Waals surface area contributed by atoms with Crippen molar-refractivity contribution in [2.24, 2.45) is 0 Å². The number of hydrogen-bond donors (Lipinski definition) is 0. The Balaban J connectivity index is 2.62. The summed E-state index contributed by atoms with van der Waals surface area (Å²) in [7, 11) is -1.63. The molecule has 4 heteroatoms. The van der Waals surface area contributed by atoms with Gasteiger partial charge < -0.3 is 13.3 Å². The molecule has 3 nitrogen and oxygen atoms in total. The van der Waals surface area contributed by atoms with Gasteiger partial charge in [0, 0.05) is 13.2 Å². The summed E-state index contributed by atoms with van der Waals surface area (Å²) < 4.78 is 16.8. The number of allylic oxidation sites excluding steroid dienone is 1. The van der Waals surface area contributed by atoms with Crippen molar-refractivity contribution >= 4 is 15.6 Å². The summed E-state index contributed by atoms with van der Waals surface area (Å²) in [6, 6.07) is 8.33. The highest BCUT2D eigenvalue weighted by atomic mass is 28.3. The fraction of sp³-hybridized carbons (Fsp3) is 0.467. The smallest absolute Gasteiger partial charge is 0.371 e. The van der Waals surface area contributed by atoms with Crippen LogP contribution in [0.15, 0.2) is 30.3 Å². The van der Waals surface area contributed by atoms with Crippen molar-refractivity contribution in [3.05, 3.63) is 41.5 Å². The van der Waals surface area contributed by atoms with Crippen LogP contribution in [0.25, 0.3) is 6.08 Å². The molecule has 0 aliphatic rings. The summed E-state index contributed by atoms with van der Waals surface area (Å²) in [5.74, 6) is 0. The molecule has 0 aromatic heterocycles. The van der Waals surface area contributed by atoms with Crippen molar-refractivity contribution in [2.75, 3.05) is 13.2 Å². The van der Waals surface area contributed by atoms with E-state index in [2.05, 4.69) is 30.3 Å². The maximum absolute atomic E-state index is 5.86. The standard InChI is InChI=1S/C15H23O3Si/c1-5-8-14-9-11-15(12-10-14)13(4)18-19(16-6-2)17-7-3/h5,8-13H,6-7H2,1-4H3/b8-5+. The number of hydrogen-bond acceptors (Lipinski definition) is 3. The first-order valence-electron chi connectivity index (χ1n) is 6.73. The summed E-state index contributed by atoms with van der Waals surface area (Å²) >= 11 is 0. The van der Waals surface area contributed by atoms with E-state index in [-0.39, 0.29) is 6.10 Å². The van der Waals surface area contributed by atoms with Crippen LogP contribution in [0, 0.1) is 0 Å². The number of rotatable bonds is 8. The van der Waals surface area contributed by atoms with E-state index in [4.69, 9.17) is 13.3 Å². The van der Waals surface area contributed by atoms with Gasteiger partial charge in [-0.2, -0.15) is 0 Å². The normalized spacial score (nSPS) is 13.3. The predicted octanol–water partition coefficient (Wildman–Crippen LogP) is 3.86. The van der Waals surface area contributed by atoms with Crippen molar-refractivity contribution < 1.29 is 13.3 Å². The first-order valence-corrected chi connectivity index (χ1v) is 7.95. The second-order valence-electron chi connectivity index (χ2n) is 4.04. The maximum atomic E-state index is 5.86. The molecule has 0 fully saturated rings. The lowest BCUT2D eigenvalue weighted by atomic mass is 10.1. The molecule has 1 unspecified atom stereocenters. The van der Waals surface area contributed by atoms with E-state index in [9.17, 15) is 0 Å². The zero-order chi connectivity index (χ0) is 14.1. The average Bonchev–Trinajstić information content (AvgIpc) is 2.40. The zero-order valence-electron chi connectivity index (χ0n) is 12.2. The van der Waals surface area contributed by atoms with Gasteiger partial charge in [0.25, 0.3) is 0 Å². The van der Waals surface area contributed by atoms with Crippen molar-refractivity contribution in [1.82, 2.24) is 0 Å². The lowest BCUT2D eigenvalue weighted by molar-refractivity contribution is 0.0700. The van der Waals surface area contributed by atoms with Crippen molar-refractivity contribution in [3.63, 3.8) is 0 Å². The Hall–Kier alpha value is -0.943. The van der Waals surface area contributed by atoms with Gasteiger partial charge in [-0.1, -0.05) is 36.4 Å².